The minimum Gasteiger partial charge on any atom is -0.458 e. The Kier molecular flexibility index (Phi) is 5.76. The lowest BCUT2D eigenvalue weighted by Crippen LogP contribution is -2.38. The van der Waals surface area contributed by atoms with Crippen molar-refractivity contribution in [1.82, 2.24) is 19.5 Å². The highest BCUT2D eigenvalue weighted by Gasteiger charge is 2.48. The maximum Gasteiger partial charge on any atom is 0.312 e. The minimum atomic E-state index is -1.17. The van der Waals surface area contributed by atoms with Gasteiger partial charge in [0.15, 0.2) is 22.6 Å². The first kappa shape index (κ1) is 21.6. The van der Waals surface area contributed by atoms with Gasteiger partial charge in [0.2, 0.25) is 5.91 Å². The van der Waals surface area contributed by atoms with E-state index >= 15 is 0 Å². The van der Waals surface area contributed by atoms with Gasteiger partial charge in [-0.1, -0.05) is 33.6 Å². The number of amides is 1. The lowest BCUT2D eigenvalue weighted by atomic mass is 10.00. The largest absolute Gasteiger partial charge is 0.458 e. The second kappa shape index (κ2) is 7.99. The molecule has 2 aromatic heterocycles. The Morgan fingerprint density at radius 2 is 2.07 bits per heavy atom. The van der Waals surface area contributed by atoms with E-state index in [9.17, 15) is 14.0 Å². The molecule has 0 bridgehead atoms. The van der Waals surface area contributed by atoms with Crippen LogP contribution >= 0.6 is 0 Å². The van der Waals surface area contributed by atoms with Gasteiger partial charge in [-0.2, -0.15) is 14.4 Å². The fraction of sp³-hybridized carbons (Fsp3) is 0.550. The number of ether oxygens (including phenoxy) is 2. The summed E-state index contributed by atoms with van der Waals surface area (Å²) in [6, 6.07) is 0. The molecule has 2 aromatic rings. The Morgan fingerprint density at radius 1 is 1.37 bits per heavy atom. The predicted molar refractivity (Wildman–Crippen MR) is 105 cm³/mol. The Hall–Kier alpha value is -3.06. The minimum absolute atomic E-state index is 0.0320. The second-order valence-corrected chi connectivity index (χ2v) is 7.95. The summed E-state index contributed by atoms with van der Waals surface area (Å²) in [5.74, 6) is 1.13. The predicted octanol–water partition coefficient (Wildman–Crippen LogP) is 2.44. The number of nitrogens with one attached hydrogen (secondary N) is 1. The Labute approximate surface area is 173 Å². The van der Waals surface area contributed by atoms with E-state index < -0.39 is 30.0 Å². The molecule has 1 saturated heterocycles. The third-order valence-electron chi connectivity index (χ3n) is 4.90. The smallest absolute Gasteiger partial charge is 0.312 e. The van der Waals surface area contributed by atoms with Crippen molar-refractivity contribution in [3.8, 4) is 12.3 Å². The van der Waals surface area contributed by atoms with E-state index in [-0.39, 0.29) is 41.1 Å². The zero-order valence-corrected chi connectivity index (χ0v) is 17.5. The number of halogens is 1. The number of terminal acetylenes is 1. The van der Waals surface area contributed by atoms with Crippen molar-refractivity contribution < 1.29 is 23.5 Å². The third-order valence-corrected chi connectivity index (χ3v) is 4.90. The SMILES string of the molecule is C#CC1(C)OC(n2cnc3c(NC(=O)C(C)C)nc(F)nc32)CC1OC(=O)C(C)C. The van der Waals surface area contributed by atoms with Crippen molar-refractivity contribution in [1.29, 1.82) is 0 Å². The topological polar surface area (TPSA) is 108 Å². The van der Waals surface area contributed by atoms with E-state index in [0.29, 0.717) is 0 Å². The molecule has 1 fully saturated rings. The fourth-order valence-electron chi connectivity index (χ4n) is 3.00. The van der Waals surface area contributed by atoms with Crippen molar-refractivity contribution in [2.75, 3.05) is 5.32 Å². The first-order chi connectivity index (χ1) is 14.1. The van der Waals surface area contributed by atoms with Crippen molar-refractivity contribution in [3.63, 3.8) is 0 Å². The number of aromatic nitrogens is 4. The summed E-state index contributed by atoms with van der Waals surface area (Å²) < 4.78 is 27.1. The number of rotatable bonds is 5. The van der Waals surface area contributed by atoms with Gasteiger partial charge in [0.05, 0.1) is 12.2 Å². The van der Waals surface area contributed by atoms with E-state index in [1.165, 1.54) is 10.9 Å². The van der Waals surface area contributed by atoms with Crippen LogP contribution in [0.1, 0.15) is 47.3 Å². The highest BCUT2D eigenvalue weighted by Crippen LogP contribution is 2.39. The van der Waals surface area contributed by atoms with Crippen LogP contribution in [-0.4, -0.2) is 43.1 Å². The summed E-state index contributed by atoms with van der Waals surface area (Å²) in [5, 5.41) is 2.56. The van der Waals surface area contributed by atoms with E-state index in [1.807, 2.05) is 0 Å². The average molecular weight is 417 g/mol. The summed E-state index contributed by atoms with van der Waals surface area (Å²) in [7, 11) is 0. The maximum atomic E-state index is 14.1. The molecule has 0 spiro atoms. The van der Waals surface area contributed by atoms with Gasteiger partial charge in [0.1, 0.15) is 12.3 Å². The number of imidazole rings is 1. The van der Waals surface area contributed by atoms with Crippen LogP contribution in [0, 0.1) is 30.3 Å². The number of hydrogen-bond acceptors (Lipinski definition) is 7. The van der Waals surface area contributed by atoms with Crippen LogP contribution in [0.25, 0.3) is 11.2 Å². The standard InChI is InChI=1S/C20H24FN5O4/c1-7-20(6)12(29-18(28)11(4)5)8-13(30-20)26-9-22-14-15(23-17(27)10(2)3)24-19(21)25-16(14)26/h1,9-13H,8H2,2-6H3,(H,23,24,25,27). The quantitative estimate of drug-likeness (QED) is 0.452. The van der Waals surface area contributed by atoms with Crippen LogP contribution in [0.3, 0.4) is 0 Å². The Morgan fingerprint density at radius 3 is 2.67 bits per heavy atom. The molecule has 3 rings (SSSR count). The molecule has 1 aliphatic rings. The maximum absolute atomic E-state index is 14.1. The van der Waals surface area contributed by atoms with Crippen LogP contribution in [0.4, 0.5) is 10.2 Å². The first-order valence-corrected chi connectivity index (χ1v) is 9.62. The average Bonchev–Trinajstić information content (AvgIpc) is 3.23. The van der Waals surface area contributed by atoms with Crippen molar-refractivity contribution >= 4 is 28.9 Å². The van der Waals surface area contributed by atoms with Gasteiger partial charge in [0, 0.05) is 12.3 Å². The molecule has 0 aliphatic carbocycles. The second-order valence-electron chi connectivity index (χ2n) is 7.95. The zero-order valence-electron chi connectivity index (χ0n) is 17.5. The van der Waals surface area contributed by atoms with E-state index in [1.54, 1.807) is 34.6 Å². The van der Waals surface area contributed by atoms with Crippen LogP contribution < -0.4 is 5.32 Å². The highest BCUT2D eigenvalue weighted by molar-refractivity contribution is 5.97. The summed E-state index contributed by atoms with van der Waals surface area (Å²) in [5.41, 5.74) is -0.840. The molecule has 1 N–H and O–H groups in total. The number of esters is 1. The van der Waals surface area contributed by atoms with Gasteiger partial charge in [-0.05, 0) is 6.92 Å². The summed E-state index contributed by atoms with van der Waals surface area (Å²) in [4.78, 5) is 35.8. The van der Waals surface area contributed by atoms with Crippen molar-refractivity contribution in [2.45, 2.75) is 59.0 Å². The third kappa shape index (κ3) is 3.98. The van der Waals surface area contributed by atoms with E-state index in [2.05, 4.69) is 26.2 Å². The summed E-state index contributed by atoms with van der Waals surface area (Å²) >= 11 is 0. The van der Waals surface area contributed by atoms with Gasteiger partial charge in [-0.3, -0.25) is 14.2 Å². The molecule has 3 heterocycles. The monoisotopic (exact) mass is 417 g/mol. The van der Waals surface area contributed by atoms with Gasteiger partial charge >= 0.3 is 12.0 Å². The highest BCUT2D eigenvalue weighted by atomic mass is 19.1. The number of nitrogens with zero attached hydrogens (tertiary/aromatic N) is 4. The molecule has 0 aromatic carbocycles. The molecule has 10 heteroatoms. The molecular formula is C20H24FN5O4. The number of carbonyl (C=O) groups is 2. The number of anilines is 1. The van der Waals surface area contributed by atoms with Crippen LogP contribution in [-0.2, 0) is 19.1 Å². The molecule has 9 nitrogen and oxygen atoms in total. The molecular weight excluding hydrogens is 393 g/mol. The van der Waals surface area contributed by atoms with Crippen LogP contribution in [0.15, 0.2) is 6.33 Å². The zero-order chi connectivity index (χ0) is 22.2. The molecule has 1 aliphatic heterocycles. The number of carbonyl (C=O) groups excluding carboxylic acids is 2. The van der Waals surface area contributed by atoms with E-state index in [0.717, 1.165) is 0 Å². The van der Waals surface area contributed by atoms with Crippen molar-refractivity contribution in [2.24, 2.45) is 11.8 Å². The normalized spacial score (nSPS) is 23.7. The molecule has 0 saturated carbocycles. The summed E-state index contributed by atoms with van der Waals surface area (Å²) in [6.45, 7) is 8.49. The van der Waals surface area contributed by atoms with Crippen LogP contribution in [0.5, 0.6) is 0 Å². The molecule has 3 unspecified atom stereocenters. The fourth-order valence-corrected chi connectivity index (χ4v) is 3.00. The van der Waals surface area contributed by atoms with Crippen molar-refractivity contribution in [3.05, 3.63) is 12.4 Å². The van der Waals surface area contributed by atoms with E-state index in [4.69, 9.17) is 15.9 Å². The summed E-state index contributed by atoms with van der Waals surface area (Å²) in [6.07, 6.45) is 4.84. The molecule has 160 valence electrons. The Bertz CT molecular complexity index is 1030. The van der Waals surface area contributed by atoms with Gasteiger partial charge in [-0.25, -0.2) is 4.98 Å². The molecule has 0 radical (unpaired) electrons. The number of hydrogen-bond donors (Lipinski definition) is 1. The van der Waals surface area contributed by atoms with Crippen LogP contribution in [0.2, 0.25) is 0 Å². The van der Waals surface area contributed by atoms with Gasteiger partial charge in [0.25, 0.3) is 0 Å². The first-order valence-electron chi connectivity index (χ1n) is 9.62. The Balaban J connectivity index is 1.95. The lowest BCUT2D eigenvalue weighted by Gasteiger charge is -2.25. The number of fused-ring (bicyclic) bond motifs is 1. The van der Waals surface area contributed by atoms with Gasteiger partial charge in [-0.15, -0.1) is 6.42 Å². The molecule has 3 atom stereocenters. The molecule has 30 heavy (non-hydrogen) atoms. The van der Waals surface area contributed by atoms with Gasteiger partial charge < -0.3 is 14.8 Å². The molecule has 1 amide bonds. The lowest BCUT2D eigenvalue weighted by molar-refractivity contribution is -0.158.